The van der Waals surface area contributed by atoms with E-state index in [0.717, 1.165) is 23.9 Å². The summed E-state index contributed by atoms with van der Waals surface area (Å²) in [7, 11) is 2.10. The van der Waals surface area contributed by atoms with E-state index in [1.807, 2.05) is 6.20 Å². The van der Waals surface area contributed by atoms with Gasteiger partial charge in [-0.15, -0.1) is 0 Å². The SMILES string of the molecule is CNC(CCCc1ccnc2ccccc12)C1CC1. The van der Waals surface area contributed by atoms with E-state index in [4.69, 9.17) is 0 Å². The largest absolute Gasteiger partial charge is 0.317 e. The van der Waals surface area contributed by atoms with Crippen molar-refractivity contribution in [1.29, 1.82) is 0 Å². The second-order valence-electron chi connectivity index (χ2n) is 5.61. The van der Waals surface area contributed by atoms with Crippen molar-refractivity contribution in [3.8, 4) is 0 Å². The maximum absolute atomic E-state index is 4.43. The van der Waals surface area contributed by atoms with Gasteiger partial charge in [0.05, 0.1) is 5.52 Å². The molecule has 1 heterocycles. The van der Waals surface area contributed by atoms with Crippen molar-refractivity contribution in [3.63, 3.8) is 0 Å². The molecule has 1 aliphatic rings. The van der Waals surface area contributed by atoms with Crippen LogP contribution in [0.2, 0.25) is 0 Å². The first-order valence-corrected chi connectivity index (χ1v) is 7.38. The Kier molecular flexibility index (Phi) is 3.79. The fourth-order valence-electron chi connectivity index (χ4n) is 3.00. The molecule has 1 aliphatic carbocycles. The van der Waals surface area contributed by atoms with Gasteiger partial charge in [0.1, 0.15) is 0 Å². The van der Waals surface area contributed by atoms with Crippen LogP contribution >= 0.6 is 0 Å². The van der Waals surface area contributed by atoms with Crippen LogP contribution in [0.1, 0.15) is 31.2 Å². The Morgan fingerprint density at radius 2 is 2.11 bits per heavy atom. The molecule has 100 valence electrons. The molecule has 2 nitrogen and oxygen atoms in total. The maximum Gasteiger partial charge on any atom is 0.0704 e. The minimum Gasteiger partial charge on any atom is -0.317 e. The summed E-state index contributed by atoms with van der Waals surface area (Å²) in [6, 6.07) is 11.4. The zero-order valence-electron chi connectivity index (χ0n) is 11.6. The fourth-order valence-corrected chi connectivity index (χ4v) is 3.00. The van der Waals surface area contributed by atoms with Crippen LogP contribution in [0.15, 0.2) is 36.5 Å². The number of nitrogens with one attached hydrogen (secondary N) is 1. The second-order valence-corrected chi connectivity index (χ2v) is 5.61. The smallest absolute Gasteiger partial charge is 0.0704 e. The molecular weight excluding hydrogens is 232 g/mol. The first-order chi connectivity index (χ1) is 9.38. The van der Waals surface area contributed by atoms with Crippen LogP contribution in [0.3, 0.4) is 0 Å². The van der Waals surface area contributed by atoms with Crippen LogP contribution < -0.4 is 5.32 Å². The van der Waals surface area contributed by atoms with Crippen LogP contribution in [0.4, 0.5) is 0 Å². The number of aromatic nitrogens is 1. The first-order valence-electron chi connectivity index (χ1n) is 7.38. The molecule has 0 bridgehead atoms. The predicted molar refractivity (Wildman–Crippen MR) is 80.3 cm³/mol. The highest BCUT2D eigenvalue weighted by Crippen LogP contribution is 2.34. The minimum atomic E-state index is 0.730. The lowest BCUT2D eigenvalue weighted by Gasteiger charge is -2.15. The van der Waals surface area contributed by atoms with E-state index < -0.39 is 0 Å². The van der Waals surface area contributed by atoms with Crippen molar-refractivity contribution >= 4 is 10.9 Å². The van der Waals surface area contributed by atoms with E-state index >= 15 is 0 Å². The molecule has 0 spiro atoms. The van der Waals surface area contributed by atoms with Gasteiger partial charge in [-0.25, -0.2) is 0 Å². The molecule has 1 N–H and O–H groups in total. The molecule has 1 aromatic carbocycles. The summed E-state index contributed by atoms with van der Waals surface area (Å²) >= 11 is 0. The van der Waals surface area contributed by atoms with Crippen molar-refractivity contribution in [3.05, 3.63) is 42.1 Å². The lowest BCUT2D eigenvalue weighted by Crippen LogP contribution is -2.27. The summed E-state index contributed by atoms with van der Waals surface area (Å²) in [6.45, 7) is 0. The summed E-state index contributed by atoms with van der Waals surface area (Å²) in [5.74, 6) is 0.944. The third-order valence-electron chi connectivity index (χ3n) is 4.26. The molecule has 0 amide bonds. The van der Waals surface area contributed by atoms with Gasteiger partial charge in [0.2, 0.25) is 0 Å². The summed E-state index contributed by atoms with van der Waals surface area (Å²) in [4.78, 5) is 4.43. The molecule has 0 aliphatic heterocycles. The van der Waals surface area contributed by atoms with E-state index in [1.165, 1.54) is 36.6 Å². The molecule has 1 aromatic heterocycles. The monoisotopic (exact) mass is 254 g/mol. The number of para-hydroxylation sites is 1. The van der Waals surface area contributed by atoms with Gasteiger partial charge in [-0.05, 0) is 62.8 Å². The highest BCUT2D eigenvalue weighted by molar-refractivity contribution is 5.81. The van der Waals surface area contributed by atoms with Crippen LogP contribution in [0.5, 0.6) is 0 Å². The zero-order chi connectivity index (χ0) is 13.1. The number of nitrogens with zero attached hydrogens (tertiary/aromatic N) is 1. The van der Waals surface area contributed by atoms with Crippen molar-refractivity contribution in [2.45, 2.75) is 38.1 Å². The summed E-state index contributed by atoms with van der Waals surface area (Å²) in [5.41, 5.74) is 2.56. The van der Waals surface area contributed by atoms with Crippen molar-refractivity contribution in [2.75, 3.05) is 7.05 Å². The Labute approximate surface area is 115 Å². The highest BCUT2D eigenvalue weighted by atomic mass is 14.9. The average molecular weight is 254 g/mol. The normalized spacial score (nSPS) is 16.7. The molecule has 1 saturated carbocycles. The van der Waals surface area contributed by atoms with Gasteiger partial charge in [-0.1, -0.05) is 18.2 Å². The quantitative estimate of drug-likeness (QED) is 0.852. The molecular formula is C17H22N2. The molecule has 1 fully saturated rings. The standard InChI is InChI=1S/C17H22N2/c1-18-16(14-9-10-14)8-4-5-13-11-12-19-17-7-3-2-6-15(13)17/h2-3,6-7,11-12,14,16,18H,4-5,8-10H2,1H3. The molecule has 1 unspecified atom stereocenters. The lowest BCUT2D eigenvalue weighted by molar-refractivity contribution is 0.457. The Hall–Kier alpha value is -1.41. The molecule has 0 saturated heterocycles. The molecule has 1 atom stereocenters. The minimum absolute atomic E-state index is 0.730. The predicted octanol–water partition coefficient (Wildman–Crippen LogP) is 3.56. The van der Waals surface area contributed by atoms with Crippen molar-refractivity contribution in [2.24, 2.45) is 5.92 Å². The van der Waals surface area contributed by atoms with Crippen LogP contribution in [0.25, 0.3) is 10.9 Å². The maximum atomic E-state index is 4.43. The van der Waals surface area contributed by atoms with Gasteiger partial charge in [-0.2, -0.15) is 0 Å². The van der Waals surface area contributed by atoms with Gasteiger partial charge < -0.3 is 5.32 Å². The van der Waals surface area contributed by atoms with Crippen molar-refractivity contribution in [1.82, 2.24) is 10.3 Å². The van der Waals surface area contributed by atoms with Gasteiger partial charge in [0.15, 0.2) is 0 Å². The van der Waals surface area contributed by atoms with E-state index in [-0.39, 0.29) is 0 Å². The van der Waals surface area contributed by atoms with Crippen LogP contribution in [-0.4, -0.2) is 18.1 Å². The Morgan fingerprint density at radius 3 is 2.89 bits per heavy atom. The van der Waals surface area contributed by atoms with E-state index in [1.54, 1.807) is 0 Å². The van der Waals surface area contributed by atoms with E-state index in [0.29, 0.717) is 0 Å². The topological polar surface area (TPSA) is 24.9 Å². The summed E-state index contributed by atoms with van der Waals surface area (Å²) < 4.78 is 0. The Bertz CT molecular complexity index is 540. The number of hydrogen-bond donors (Lipinski definition) is 1. The third kappa shape index (κ3) is 2.95. The number of rotatable bonds is 6. The number of benzene rings is 1. The molecule has 0 radical (unpaired) electrons. The van der Waals surface area contributed by atoms with Gasteiger partial charge >= 0.3 is 0 Å². The second kappa shape index (κ2) is 5.70. The number of aryl methyl sites for hydroxylation is 1. The van der Waals surface area contributed by atoms with Gasteiger partial charge in [0, 0.05) is 17.6 Å². The number of fused-ring (bicyclic) bond motifs is 1. The Balaban J connectivity index is 1.65. The van der Waals surface area contributed by atoms with E-state index in [9.17, 15) is 0 Å². The third-order valence-corrected chi connectivity index (χ3v) is 4.26. The first kappa shape index (κ1) is 12.6. The zero-order valence-corrected chi connectivity index (χ0v) is 11.6. The van der Waals surface area contributed by atoms with Crippen molar-refractivity contribution < 1.29 is 0 Å². The average Bonchev–Trinajstić information content (AvgIpc) is 3.28. The van der Waals surface area contributed by atoms with Gasteiger partial charge in [-0.3, -0.25) is 4.98 Å². The van der Waals surface area contributed by atoms with Crippen LogP contribution in [0, 0.1) is 5.92 Å². The highest BCUT2D eigenvalue weighted by Gasteiger charge is 2.29. The molecule has 2 heteroatoms. The van der Waals surface area contributed by atoms with Crippen LogP contribution in [-0.2, 0) is 6.42 Å². The number of hydrogen-bond acceptors (Lipinski definition) is 2. The van der Waals surface area contributed by atoms with E-state index in [2.05, 4.69) is 47.7 Å². The summed E-state index contributed by atoms with van der Waals surface area (Å²) in [5, 5.41) is 4.79. The van der Waals surface area contributed by atoms with Gasteiger partial charge in [0.25, 0.3) is 0 Å². The number of pyridine rings is 1. The fraction of sp³-hybridized carbons (Fsp3) is 0.471. The summed E-state index contributed by atoms with van der Waals surface area (Å²) in [6.07, 6.45) is 8.49. The Morgan fingerprint density at radius 1 is 1.26 bits per heavy atom. The lowest BCUT2D eigenvalue weighted by atomic mass is 10.00. The molecule has 3 rings (SSSR count). The molecule has 19 heavy (non-hydrogen) atoms. The molecule has 2 aromatic rings.